The zero-order valence-corrected chi connectivity index (χ0v) is 10.8. The average Bonchev–Trinajstić information content (AvgIpc) is 2.17. The highest BCUT2D eigenvalue weighted by molar-refractivity contribution is 4.63. The van der Waals surface area contributed by atoms with Crippen LogP contribution in [0.4, 0.5) is 8.78 Å². The number of halogens is 2. The summed E-state index contributed by atoms with van der Waals surface area (Å²) in [5.74, 6) is 0. The quantitative estimate of drug-likeness (QED) is 0.587. The van der Waals surface area contributed by atoms with Crippen LogP contribution in [0.1, 0.15) is 39.5 Å². The third-order valence-corrected chi connectivity index (χ3v) is 2.68. The molecule has 1 atom stereocenters. The maximum atomic E-state index is 12.0. The molecule has 0 heterocycles. The van der Waals surface area contributed by atoms with E-state index in [-0.39, 0.29) is 6.54 Å². The summed E-state index contributed by atoms with van der Waals surface area (Å²) < 4.78 is 24.0. The molecule has 0 amide bonds. The van der Waals surface area contributed by atoms with Gasteiger partial charge in [0.2, 0.25) is 0 Å². The Morgan fingerprint density at radius 3 is 2.50 bits per heavy atom. The highest BCUT2D eigenvalue weighted by Gasteiger charge is 2.07. The molecule has 0 spiro atoms. The van der Waals surface area contributed by atoms with E-state index in [2.05, 4.69) is 19.2 Å². The largest absolute Gasteiger partial charge is 0.313 e. The van der Waals surface area contributed by atoms with Crippen LogP contribution < -0.4 is 5.32 Å². The maximum Gasteiger partial charge on any atom is 0.251 e. The molecule has 0 aromatic rings. The fourth-order valence-corrected chi connectivity index (χ4v) is 1.63. The summed E-state index contributed by atoms with van der Waals surface area (Å²) in [6, 6.07) is 0.492. The summed E-state index contributed by atoms with van der Waals surface area (Å²) in [6.07, 6.45) is 2.71. The Bertz CT molecular complexity index is 154. The number of alkyl halides is 2. The predicted molar refractivity (Wildman–Crippen MR) is 65.1 cm³/mol. The second kappa shape index (κ2) is 9.97. The number of unbranched alkanes of at least 4 members (excludes halogenated alkanes) is 2. The van der Waals surface area contributed by atoms with Gasteiger partial charge in [0, 0.05) is 19.1 Å². The summed E-state index contributed by atoms with van der Waals surface area (Å²) in [5.41, 5.74) is 0. The van der Waals surface area contributed by atoms with Gasteiger partial charge in [-0.2, -0.15) is 0 Å². The molecule has 0 aliphatic heterocycles. The summed E-state index contributed by atoms with van der Waals surface area (Å²) in [7, 11) is 1.73. The van der Waals surface area contributed by atoms with Crippen LogP contribution >= 0.6 is 0 Å². The van der Waals surface area contributed by atoms with Crippen molar-refractivity contribution < 1.29 is 8.78 Å². The summed E-state index contributed by atoms with van der Waals surface area (Å²) in [5, 5.41) is 3.36. The second-order valence-electron chi connectivity index (χ2n) is 4.50. The molecule has 0 saturated heterocycles. The van der Waals surface area contributed by atoms with Crippen molar-refractivity contribution in [2.45, 2.75) is 52.0 Å². The monoisotopic (exact) mass is 236 g/mol. The SMILES string of the molecule is CCCCCC(C)NCCN(C)CC(F)F. The zero-order chi connectivity index (χ0) is 12.4. The summed E-state index contributed by atoms with van der Waals surface area (Å²) in [4.78, 5) is 1.66. The van der Waals surface area contributed by atoms with Gasteiger partial charge in [-0.3, -0.25) is 4.90 Å². The van der Waals surface area contributed by atoms with Gasteiger partial charge in [-0.15, -0.1) is 0 Å². The van der Waals surface area contributed by atoms with E-state index in [0.29, 0.717) is 12.6 Å². The van der Waals surface area contributed by atoms with Gasteiger partial charge >= 0.3 is 0 Å². The summed E-state index contributed by atoms with van der Waals surface area (Å²) in [6.45, 7) is 5.69. The Balaban J connectivity index is 3.35. The van der Waals surface area contributed by atoms with Crippen LogP contribution in [-0.2, 0) is 0 Å². The Morgan fingerprint density at radius 1 is 1.25 bits per heavy atom. The lowest BCUT2D eigenvalue weighted by Gasteiger charge is -2.18. The van der Waals surface area contributed by atoms with E-state index in [1.54, 1.807) is 11.9 Å². The minimum absolute atomic E-state index is 0.133. The number of hydrogen-bond donors (Lipinski definition) is 1. The van der Waals surface area contributed by atoms with Crippen LogP contribution in [0.2, 0.25) is 0 Å². The van der Waals surface area contributed by atoms with Crippen molar-refractivity contribution in [3.63, 3.8) is 0 Å². The van der Waals surface area contributed by atoms with Crippen LogP contribution in [0, 0.1) is 0 Å². The first-order valence-electron chi connectivity index (χ1n) is 6.26. The molecule has 0 aromatic heterocycles. The van der Waals surface area contributed by atoms with E-state index in [4.69, 9.17) is 0 Å². The molecule has 16 heavy (non-hydrogen) atoms. The van der Waals surface area contributed by atoms with Crippen molar-refractivity contribution in [1.82, 2.24) is 10.2 Å². The average molecular weight is 236 g/mol. The van der Waals surface area contributed by atoms with Crippen molar-refractivity contribution in [1.29, 1.82) is 0 Å². The number of hydrogen-bond acceptors (Lipinski definition) is 2. The standard InChI is InChI=1S/C12H26F2N2/c1-4-5-6-7-11(2)15-8-9-16(3)10-12(13)14/h11-12,15H,4-10H2,1-3H3. The zero-order valence-electron chi connectivity index (χ0n) is 10.8. The topological polar surface area (TPSA) is 15.3 Å². The van der Waals surface area contributed by atoms with E-state index < -0.39 is 6.43 Å². The van der Waals surface area contributed by atoms with Crippen LogP contribution in [0.3, 0.4) is 0 Å². The molecule has 1 N–H and O–H groups in total. The Labute approximate surface area is 98.4 Å². The first-order valence-corrected chi connectivity index (χ1v) is 6.26. The first kappa shape index (κ1) is 15.8. The predicted octanol–water partition coefficient (Wildman–Crippen LogP) is 2.74. The van der Waals surface area contributed by atoms with Gasteiger partial charge in [0.15, 0.2) is 0 Å². The van der Waals surface area contributed by atoms with Crippen LogP contribution in [0.15, 0.2) is 0 Å². The van der Waals surface area contributed by atoms with E-state index >= 15 is 0 Å². The molecule has 0 bridgehead atoms. The van der Waals surface area contributed by atoms with Crippen LogP contribution in [0.25, 0.3) is 0 Å². The van der Waals surface area contributed by atoms with Crippen molar-refractivity contribution in [2.75, 3.05) is 26.7 Å². The number of nitrogens with one attached hydrogen (secondary N) is 1. The Hall–Kier alpha value is -0.220. The lowest BCUT2D eigenvalue weighted by atomic mass is 10.1. The molecule has 0 aliphatic carbocycles. The van der Waals surface area contributed by atoms with E-state index in [1.165, 1.54) is 25.7 Å². The van der Waals surface area contributed by atoms with Crippen molar-refractivity contribution >= 4 is 0 Å². The van der Waals surface area contributed by atoms with Gasteiger partial charge in [0.25, 0.3) is 6.43 Å². The maximum absolute atomic E-state index is 12.0. The molecule has 0 aliphatic rings. The molecule has 0 rings (SSSR count). The smallest absolute Gasteiger partial charge is 0.251 e. The second-order valence-corrected chi connectivity index (χ2v) is 4.50. The van der Waals surface area contributed by atoms with E-state index in [0.717, 1.165) is 6.54 Å². The first-order chi connectivity index (χ1) is 7.56. The highest BCUT2D eigenvalue weighted by atomic mass is 19.3. The molecule has 2 nitrogen and oxygen atoms in total. The Morgan fingerprint density at radius 2 is 1.94 bits per heavy atom. The molecule has 0 aromatic carbocycles. The molecule has 0 fully saturated rings. The fourth-order valence-electron chi connectivity index (χ4n) is 1.63. The van der Waals surface area contributed by atoms with Crippen molar-refractivity contribution in [3.05, 3.63) is 0 Å². The lowest BCUT2D eigenvalue weighted by molar-refractivity contribution is 0.100. The van der Waals surface area contributed by atoms with Crippen molar-refractivity contribution in [2.24, 2.45) is 0 Å². The van der Waals surface area contributed by atoms with Gasteiger partial charge in [0.05, 0.1) is 6.54 Å². The fraction of sp³-hybridized carbons (Fsp3) is 1.00. The van der Waals surface area contributed by atoms with E-state index in [9.17, 15) is 8.78 Å². The molecular weight excluding hydrogens is 210 g/mol. The Kier molecular flexibility index (Phi) is 9.83. The molecular formula is C12H26F2N2. The highest BCUT2D eigenvalue weighted by Crippen LogP contribution is 2.02. The number of nitrogens with zero attached hydrogens (tertiary/aromatic N) is 1. The molecule has 1 unspecified atom stereocenters. The van der Waals surface area contributed by atoms with Gasteiger partial charge in [-0.25, -0.2) is 8.78 Å². The van der Waals surface area contributed by atoms with Crippen LogP contribution in [-0.4, -0.2) is 44.0 Å². The normalized spacial score (nSPS) is 13.7. The van der Waals surface area contributed by atoms with E-state index in [1.807, 2.05) is 0 Å². The summed E-state index contributed by atoms with van der Waals surface area (Å²) >= 11 is 0. The van der Waals surface area contributed by atoms with Gasteiger partial charge in [0.1, 0.15) is 0 Å². The van der Waals surface area contributed by atoms with Gasteiger partial charge in [-0.1, -0.05) is 26.2 Å². The number of rotatable bonds is 10. The minimum Gasteiger partial charge on any atom is -0.313 e. The molecule has 98 valence electrons. The third-order valence-electron chi connectivity index (χ3n) is 2.68. The molecule has 4 heteroatoms. The molecule has 0 saturated carbocycles. The third kappa shape index (κ3) is 10.3. The van der Waals surface area contributed by atoms with Crippen LogP contribution in [0.5, 0.6) is 0 Å². The van der Waals surface area contributed by atoms with Crippen molar-refractivity contribution in [3.8, 4) is 0 Å². The minimum atomic E-state index is -2.23. The number of likely N-dealkylation sites (N-methyl/N-ethyl adjacent to an activating group) is 1. The molecule has 0 radical (unpaired) electrons. The lowest BCUT2D eigenvalue weighted by Crippen LogP contribution is -2.36. The van der Waals surface area contributed by atoms with Gasteiger partial charge in [-0.05, 0) is 20.4 Å². The van der Waals surface area contributed by atoms with Gasteiger partial charge < -0.3 is 5.32 Å².